The number of halogens is 2. The average molecular weight is 420 g/mol. The van der Waals surface area contributed by atoms with E-state index < -0.39 is 0 Å². The first kappa shape index (κ1) is 19.0. The van der Waals surface area contributed by atoms with Crippen molar-refractivity contribution in [1.29, 1.82) is 0 Å². The minimum Gasteiger partial charge on any atom is -0.358 e. The third-order valence-corrected chi connectivity index (χ3v) is 5.11. The molecule has 0 aliphatic heterocycles. The van der Waals surface area contributed by atoms with E-state index in [0.717, 1.165) is 31.2 Å². The number of rotatable bonds is 5. The Morgan fingerprint density at radius 2 is 1.58 bits per heavy atom. The Kier molecular flexibility index (Phi) is 6.74. The molecule has 0 spiro atoms. The molecule has 0 aliphatic rings. The highest BCUT2D eigenvalue weighted by Gasteiger charge is 2.02. The standard InChI is InChI=1S/C19H15Cl2N3S2/c20-14-3-1-13(2-4-14)11-23-19(25)24-16-7-10-18(22-12-16)26-17-8-5-15(21)6-9-17/h1-10,12H,11H2,(H2,23,24,25). The van der Waals surface area contributed by atoms with E-state index in [1.165, 1.54) is 0 Å². The molecule has 26 heavy (non-hydrogen) atoms. The summed E-state index contributed by atoms with van der Waals surface area (Å²) >= 11 is 18.7. The fourth-order valence-corrected chi connectivity index (χ4v) is 3.30. The summed E-state index contributed by atoms with van der Waals surface area (Å²) in [5.41, 5.74) is 1.94. The second-order valence-corrected chi connectivity index (χ2v) is 7.75. The van der Waals surface area contributed by atoms with Crippen LogP contribution in [0.2, 0.25) is 10.0 Å². The molecule has 2 N–H and O–H groups in total. The normalized spacial score (nSPS) is 10.4. The van der Waals surface area contributed by atoms with E-state index in [1.807, 2.05) is 60.7 Å². The molecule has 1 aromatic heterocycles. The quantitative estimate of drug-likeness (QED) is 0.493. The van der Waals surface area contributed by atoms with Gasteiger partial charge in [-0.1, -0.05) is 47.1 Å². The van der Waals surface area contributed by atoms with Crippen LogP contribution in [-0.2, 0) is 6.54 Å². The SMILES string of the molecule is S=C(NCc1ccc(Cl)cc1)Nc1ccc(Sc2ccc(Cl)cc2)nc1. The van der Waals surface area contributed by atoms with E-state index in [-0.39, 0.29) is 0 Å². The van der Waals surface area contributed by atoms with Crippen molar-refractivity contribution in [2.45, 2.75) is 16.5 Å². The summed E-state index contributed by atoms with van der Waals surface area (Å²) in [6.07, 6.45) is 1.76. The molecule has 0 unspecified atom stereocenters. The fourth-order valence-electron chi connectivity index (χ4n) is 2.10. The first-order valence-corrected chi connectivity index (χ1v) is 9.75. The maximum absolute atomic E-state index is 5.90. The molecule has 0 amide bonds. The van der Waals surface area contributed by atoms with Gasteiger partial charge in [-0.25, -0.2) is 4.98 Å². The predicted octanol–water partition coefficient (Wildman–Crippen LogP) is 6.03. The molecule has 0 aliphatic carbocycles. The van der Waals surface area contributed by atoms with Crippen LogP contribution in [0.15, 0.2) is 76.8 Å². The number of thiocarbonyl (C=S) groups is 1. The molecular weight excluding hydrogens is 405 g/mol. The van der Waals surface area contributed by atoms with Crippen molar-refractivity contribution < 1.29 is 0 Å². The molecule has 3 nitrogen and oxygen atoms in total. The zero-order chi connectivity index (χ0) is 18.4. The lowest BCUT2D eigenvalue weighted by atomic mass is 10.2. The second kappa shape index (κ2) is 9.24. The highest BCUT2D eigenvalue weighted by molar-refractivity contribution is 7.99. The van der Waals surface area contributed by atoms with E-state index in [2.05, 4.69) is 15.6 Å². The highest BCUT2D eigenvalue weighted by Crippen LogP contribution is 2.27. The smallest absolute Gasteiger partial charge is 0.171 e. The van der Waals surface area contributed by atoms with Crippen LogP contribution in [0.3, 0.4) is 0 Å². The molecule has 0 radical (unpaired) electrons. The molecule has 0 saturated carbocycles. The number of nitrogens with one attached hydrogen (secondary N) is 2. The molecule has 0 fully saturated rings. The third kappa shape index (κ3) is 5.88. The average Bonchev–Trinajstić information content (AvgIpc) is 2.65. The van der Waals surface area contributed by atoms with Crippen molar-refractivity contribution in [2.75, 3.05) is 5.32 Å². The summed E-state index contributed by atoms with van der Waals surface area (Å²) in [6, 6.07) is 19.2. The number of hydrogen-bond donors (Lipinski definition) is 2. The van der Waals surface area contributed by atoms with E-state index in [9.17, 15) is 0 Å². The van der Waals surface area contributed by atoms with E-state index in [4.69, 9.17) is 35.4 Å². The van der Waals surface area contributed by atoms with Crippen molar-refractivity contribution >= 4 is 58.0 Å². The number of pyridine rings is 1. The zero-order valence-electron chi connectivity index (χ0n) is 13.6. The van der Waals surface area contributed by atoms with Crippen LogP contribution in [0.4, 0.5) is 5.69 Å². The minimum atomic E-state index is 0.542. The van der Waals surface area contributed by atoms with Crippen LogP contribution < -0.4 is 10.6 Å². The van der Waals surface area contributed by atoms with Crippen molar-refractivity contribution in [3.63, 3.8) is 0 Å². The van der Waals surface area contributed by atoms with Gasteiger partial charge in [-0.2, -0.15) is 0 Å². The van der Waals surface area contributed by atoms with Crippen LogP contribution in [0.25, 0.3) is 0 Å². The predicted molar refractivity (Wildman–Crippen MR) is 114 cm³/mol. The third-order valence-electron chi connectivity index (χ3n) is 3.40. The van der Waals surface area contributed by atoms with Crippen molar-refractivity contribution in [3.05, 3.63) is 82.5 Å². The fraction of sp³-hybridized carbons (Fsp3) is 0.0526. The van der Waals surface area contributed by atoms with Gasteiger partial charge in [0.2, 0.25) is 0 Å². The topological polar surface area (TPSA) is 37.0 Å². The summed E-state index contributed by atoms with van der Waals surface area (Å²) in [5.74, 6) is 0. The summed E-state index contributed by atoms with van der Waals surface area (Å²) in [7, 11) is 0. The van der Waals surface area contributed by atoms with E-state index in [0.29, 0.717) is 11.7 Å². The number of benzene rings is 2. The van der Waals surface area contributed by atoms with E-state index >= 15 is 0 Å². The largest absolute Gasteiger partial charge is 0.358 e. The molecule has 0 saturated heterocycles. The maximum Gasteiger partial charge on any atom is 0.171 e. The molecule has 132 valence electrons. The van der Waals surface area contributed by atoms with Gasteiger partial charge in [-0.15, -0.1) is 0 Å². The number of anilines is 1. The lowest BCUT2D eigenvalue weighted by Gasteiger charge is -2.11. The second-order valence-electron chi connectivity index (χ2n) is 5.38. The number of hydrogen-bond acceptors (Lipinski definition) is 3. The number of aromatic nitrogens is 1. The van der Waals surface area contributed by atoms with Crippen LogP contribution >= 0.6 is 47.2 Å². The van der Waals surface area contributed by atoms with Crippen LogP contribution in [0.5, 0.6) is 0 Å². The summed E-state index contributed by atoms with van der Waals surface area (Å²) in [5, 5.41) is 9.17. The van der Waals surface area contributed by atoms with Gasteiger partial charge in [0, 0.05) is 21.5 Å². The highest BCUT2D eigenvalue weighted by atomic mass is 35.5. The van der Waals surface area contributed by atoms with Crippen molar-refractivity contribution in [1.82, 2.24) is 10.3 Å². The summed E-state index contributed by atoms with van der Waals surface area (Å²) in [4.78, 5) is 5.53. The molecule has 1 heterocycles. The van der Waals surface area contributed by atoms with Crippen molar-refractivity contribution in [2.24, 2.45) is 0 Å². The van der Waals surface area contributed by atoms with Gasteiger partial charge in [0.15, 0.2) is 5.11 Å². The maximum atomic E-state index is 5.90. The first-order chi connectivity index (χ1) is 12.6. The first-order valence-electron chi connectivity index (χ1n) is 7.77. The van der Waals surface area contributed by atoms with Crippen LogP contribution in [-0.4, -0.2) is 10.1 Å². The van der Waals surface area contributed by atoms with Gasteiger partial charge in [0.25, 0.3) is 0 Å². The van der Waals surface area contributed by atoms with Gasteiger partial charge in [-0.05, 0) is 66.3 Å². The molecule has 3 rings (SSSR count). The molecule has 2 aromatic carbocycles. The van der Waals surface area contributed by atoms with Crippen LogP contribution in [0, 0.1) is 0 Å². The lowest BCUT2D eigenvalue weighted by Crippen LogP contribution is -2.27. The van der Waals surface area contributed by atoms with Crippen LogP contribution in [0.1, 0.15) is 5.56 Å². The zero-order valence-corrected chi connectivity index (χ0v) is 16.7. The molecule has 0 bridgehead atoms. The lowest BCUT2D eigenvalue weighted by molar-refractivity contribution is 0.925. The van der Waals surface area contributed by atoms with E-state index in [1.54, 1.807) is 18.0 Å². The summed E-state index contributed by atoms with van der Waals surface area (Å²) in [6.45, 7) is 0.626. The Labute approximate surface area is 172 Å². The van der Waals surface area contributed by atoms with Gasteiger partial charge in [0.05, 0.1) is 11.9 Å². The van der Waals surface area contributed by atoms with Gasteiger partial charge >= 0.3 is 0 Å². The molecular formula is C19H15Cl2N3S2. The Balaban J connectivity index is 1.50. The van der Waals surface area contributed by atoms with Gasteiger partial charge < -0.3 is 10.6 Å². The minimum absolute atomic E-state index is 0.542. The molecule has 0 atom stereocenters. The Morgan fingerprint density at radius 1 is 0.923 bits per heavy atom. The summed E-state index contributed by atoms with van der Waals surface area (Å²) < 4.78 is 0. The Morgan fingerprint density at radius 3 is 2.19 bits per heavy atom. The van der Waals surface area contributed by atoms with Crippen molar-refractivity contribution in [3.8, 4) is 0 Å². The van der Waals surface area contributed by atoms with Gasteiger partial charge in [-0.3, -0.25) is 0 Å². The molecule has 7 heteroatoms. The number of nitrogens with zero attached hydrogens (tertiary/aromatic N) is 1. The van der Waals surface area contributed by atoms with Gasteiger partial charge in [0.1, 0.15) is 5.03 Å². The Bertz CT molecular complexity index is 867. The monoisotopic (exact) mass is 419 g/mol. The Hall–Kier alpha value is -1.79. The molecule has 3 aromatic rings.